The predicted molar refractivity (Wildman–Crippen MR) is 94.6 cm³/mol. The zero-order valence-corrected chi connectivity index (χ0v) is 14.6. The Morgan fingerprint density at radius 2 is 2.00 bits per heavy atom. The van der Waals surface area contributed by atoms with Crippen molar-refractivity contribution in [3.63, 3.8) is 0 Å². The van der Waals surface area contributed by atoms with Gasteiger partial charge in [-0.2, -0.15) is 0 Å². The van der Waals surface area contributed by atoms with Gasteiger partial charge in [0.05, 0.1) is 5.75 Å². The van der Waals surface area contributed by atoms with Gasteiger partial charge in [-0.1, -0.05) is 38.8 Å². The zero-order valence-electron chi connectivity index (χ0n) is 13.8. The second-order valence-electron chi connectivity index (χ2n) is 6.74. The van der Waals surface area contributed by atoms with E-state index in [2.05, 4.69) is 5.32 Å². The van der Waals surface area contributed by atoms with E-state index in [9.17, 15) is 9.59 Å². The van der Waals surface area contributed by atoms with Crippen molar-refractivity contribution < 1.29 is 14.7 Å². The van der Waals surface area contributed by atoms with Crippen LogP contribution in [0.4, 0.5) is 5.69 Å². The fraction of sp³-hybridized carbons (Fsp3) is 0.556. The number of rotatable bonds is 7. The molecule has 1 aromatic carbocycles. The van der Waals surface area contributed by atoms with E-state index in [0.29, 0.717) is 11.7 Å². The molecule has 0 bridgehead atoms. The molecular weight excluding hydrogens is 310 g/mol. The van der Waals surface area contributed by atoms with Crippen LogP contribution in [0.1, 0.15) is 45.1 Å². The van der Waals surface area contributed by atoms with Gasteiger partial charge in [0.25, 0.3) is 0 Å². The van der Waals surface area contributed by atoms with E-state index in [1.165, 1.54) is 24.6 Å². The molecule has 0 spiro atoms. The molecule has 5 heteroatoms. The number of carboxylic acids is 1. The van der Waals surface area contributed by atoms with E-state index in [-0.39, 0.29) is 17.1 Å². The maximum Gasteiger partial charge on any atom is 0.313 e. The number of carboxylic acid groups (broad SMARTS) is 1. The third-order valence-electron chi connectivity index (χ3n) is 4.64. The first-order valence-corrected chi connectivity index (χ1v) is 9.25. The second kappa shape index (κ2) is 7.86. The van der Waals surface area contributed by atoms with Crippen LogP contribution in [0.15, 0.2) is 24.3 Å². The van der Waals surface area contributed by atoms with Crippen molar-refractivity contribution in [1.29, 1.82) is 0 Å². The summed E-state index contributed by atoms with van der Waals surface area (Å²) in [6.45, 7) is 4.07. The van der Waals surface area contributed by atoms with Crippen molar-refractivity contribution in [2.24, 2.45) is 11.3 Å². The Morgan fingerprint density at radius 3 is 2.65 bits per heavy atom. The van der Waals surface area contributed by atoms with E-state index >= 15 is 0 Å². The topological polar surface area (TPSA) is 66.4 Å². The van der Waals surface area contributed by atoms with Crippen molar-refractivity contribution in [2.45, 2.75) is 45.3 Å². The summed E-state index contributed by atoms with van der Waals surface area (Å²) in [5.74, 6) is 0.433. The summed E-state index contributed by atoms with van der Waals surface area (Å²) < 4.78 is 0. The molecule has 0 aliphatic heterocycles. The van der Waals surface area contributed by atoms with Gasteiger partial charge in [0.15, 0.2) is 0 Å². The number of thioether (sulfide) groups is 1. The molecule has 23 heavy (non-hydrogen) atoms. The molecule has 1 amide bonds. The molecule has 0 aromatic heterocycles. The summed E-state index contributed by atoms with van der Waals surface area (Å²) in [5.41, 5.74) is 1.45. The second-order valence-corrected chi connectivity index (χ2v) is 7.73. The molecule has 126 valence electrons. The van der Waals surface area contributed by atoms with Gasteiger partial charge in [-0.15, -0.1) is 11.8 Å². The van der Waals surface area contributed by atoms with Crippen molar-refractivity contribution in [3.05, 3.63) is 29.8 Å². The Kier molecular flexibility index (Phi) is 6.10. The highest BCUT2D eigenvalue weighted by molar-refractivity contribution is 7.99. The largest absolute Gasteiger partial charge is 0.481 e. The van der Waals surface area contributed by atoms with Gasteiger partial charge in [0.1, 0.15) is 0 Å². The Balaban J connectivity index is 1.96. The van der Waals surface area contributed by atoms with Crippen molar-refractivity contribution in [1.82, 2.24) is 0 Å². The van der Waals surface area contributed by atoms with Crippen LogP contribution in [-0.4, -0.2) is 22.7 Å². The van der Waals surface area contributed by atoms with Gasteiger partial charge < -0.3 is 10.4 Å². The SMILES string of the molecule is CC(C)(C(=O)Nc1cccc(CSCC(=O)O)c1)C1CCCC1. The average Bonchev–Trinajstić information content (AvgIpc) is 3.02. The van der Waals surface area contributed by atoms with Gasteiger partial charge in [-0.25, -0.2) is 0 Å². The molecule has 1 aliphatic rings. The molecule has 1 aliphatic carbocycles. The summed E-state index contributed by atoms with van der Waals surface area (Å²) >= 11 is 1.36. The molecule has 1 fully saturated rings. The monoisotopic (exact) mass is 335 g/mol. The number of carbonyl (C=O) groups is 2. The molecule has 1 saturated carbocycles. The van der Waals surface area contributed by atoms with Crippen molar-refractivity contribution >= 4 is 29.3 Å². The predicted octanol–water partition coefficient (Wildman–Crippen LogP) is 4.16. The quantitative estimate of drug-likeness (QED) is 0.785. The highest BCUT2D eigenvalue weighted by atomic mass is 32.2. The van der Waals surface area contributed by atoms with Crippen LogP contribution in [0.2, 0.25) is 0 Å². The number of hydrogen-bond donors (Lipinski definition) is 2. The van der Waals surface area contributed by atoms with Crippen LogP contribution in [0.3, 0.4) is 0 Å². The molecule has 0 atom stereocenters. The lowest BCUT2D eigenvalue weighted by molar-refractivity contribution is -0.134. The smallest absolute Gasteiger partial charge is 0.313 e. The van der Waals surface area contributed by atoms with Crippen LogP contribution in [0.5, 0.6) is 0 Å². The highest BCUT2D eigenvalue weighted by Crippen LogP contribution is 2.40. The maximum absolute atomic E-state index is 12.6. The van der Waals surface area contributed by atoms with Crippen molar-refractivity contribution in [2.75, 3.05) is 11.1 Å². The zero-order chi connectivity index (χ0) is 16.9. The van der Waals surface area contributed by atoms with Crippen LogP contribution in [-0.2, 0) is 15.3 Å². The highest BCUT2D eigenvalue weighted by Gasteiger charge is 2.38. The van der Waals surface area contributed by atoms with Crippen LogP contribution >= 0.6 is 11.8 Å². The third-order valence-corrected chi connectivity index (χ3v) is 5.63. The molecule has 0 heterocycles. The van der Waals surface area contributed by atoms with E-state index in [4.69, 9.17) is 5.11 Å². The lowest BCUT2D eigenvalue weighted by Crippen LogP contribution is -2.36. The fourth-order valence-corrected chi connectivity index (χ4v) is 3.81. The van der Waals surface area contributed by atoms with E-state index < -0.39 is 5.97 Å². The van der Waals surface area contributed by atoms with E-state index in [1.807, 2.05) is 38.1 Å². The number of aliphatic carboxylic acids is 1. The van der Waals surface area contributed by atoms with Gasteiger partial charge in [0.2, 0.25) is 5.91 Å². The minimum Gasteiger partial charge on any atom is -0.481 e. The molecule has 1 aromatic rings. The van der Waals surface area contributed by atoms with Gasteiger partial charge in [-0.3, -0.25) is 9.59 Å². The molecule has 0 unspecified atom stereocenters. The average molecular weight is 335 g/mol. The molecule has 0 radical (unpaired) electrons. The summed E-state index contributed by atoms with van der Waals surface area (Å²) in [6, 6.07) is 7.66. The molecule has 2 rings (SSSR count). The number of carbonyl (C=O) groups excluding carboxylic acids is 1. The summed E-state index contributed by atoms with van der Waals surface area (Å²) in [7, 11) is 0. The van der Waals surface area contributed by atoms with E-state index in [1.54, 1.807) is 0 Å². The lowest BCUT2D eigenvalue weighted by atomic mass is 9.77. The Morgan fingerprint density at radius 1 is 1.30 bits per heavy atom. The first kappa shape index (κ1) is 17.9. The first-order valence-electron chi connectivity index (χ1n) is 8.09. The lowest BCUT2D eigenvalue weighted by Gasteiger charge is -2.30. The summed E-state index contributed by atoms with van der Waals surface area (Å²) in [4.78, 5) is 23.2. The van der Waals surface area contributed by atoms with Gasteiger partial charge in [0, 0.05) is 16.9 Å². The first-order chi connectivity index (χ1) is 10.9. The molecule has 0 saturated heterocycles. The molecule has 4 nitrogen and oxygen atoms in total. The standard InChI is InChI=1S/C18H25NO3S/c1-18(2,14-7-3-4-8-14)17(22)19-15-9-5-6-13(10-15)11-23-12-16(20)21/h5-6,9-10,14H,3-4,7-8,11-12H2,1-2H3,(H,19,22)(H,20,21). The summed E-state index contributed by atoms with van der Waals surface area (Å²) in [6.07, 6.45) is 4.70. The minimum absolute atomic E-state index is 0.0692. The van der Waals surface area contributed by atoms with Crippen LogP contribution in [0, 0.1) is 11.3 Å². The minimum atomic E-state index is -0.808. The summed E-state index contributed by atoms with van der Waals surface area (Å²) in [5, 5.41) is 11.7. The molecule has 2 N–H and O–H groups in total. The number of amides is 1. The Bertz CT molecular complexity index is 565. The number of benzene rings is 1. The third kappa shape index (κ3) is 4.99. The Labute approximate surface area is 142 Å². The van der Waals surface area contributed by atoms with Gasteiger partial charge in [-0.05, 0) is 36.5 Å². The molecular formula is C18H25NO3S. The van der Waals surface area contributed by atoms with Crippen LogP contribution < -0.4 is 5.32 Å². The van der Waals surface area contributed by atoms with Gasteiger partial charge >= 0.3 is 5.97 Å². The normalized spacial score (nSPS) is 15.6. The van der Waals surface area contributed by atoms with E-state index in [0.717, 1.165) is 24.1 Å². The fourth-order valence-electron chi connectivity index (χ4n) is 3.12. The maximum atomic E-state index is 12.6. The number of anilines is 1. The van der Waals surface area contributed by atoms with Crippen LogP contribution in [0.25, 0.3) is 0 Å². The Hall–Kier alpha value is -1.49. The van der Waals surface area contributed by atoms with Crippen molar-refractivity contribution in [3.8, 4) is 0 Å². The number of hydrogen-bond acceptors (Lipinski definition) is 3. The number of nitrogens with one attached hydrogen (secondary N) is 1.